The van der Waals surface area contributed by atoms with Crippen molar-refractivity contribution < 1.29 is 4.74 Å². The van der Waals surface area contributed by atoms with Gasteiger partial charge in [-0.1, -0.05) is 18.2 Å². The van der Waals surface area contributed by atoms with E-state index in [1.807, 2.05) is 34.9 Å². The van der Waals surface area contributed by atoms with Gasteiger partial charge in [-0.05, 0) is 30.2 Å². The molecule has 1 aromatic carbocycles. The Kier molecular flexibility index (Phi) is 3.19. The highest BCUT2D eigenvalue weighted by Gasteiger charge is 2.12. The van der Waals surface area contributed by atoms with Crippen LogP contribution in [0.25, 0.3) is 5.69 Å². The molecule has 1 aliphatic heterocycles. The van der Waals surface area contributed by atoms with E-state index in [4.69, 9.17) is 4.74 Å². The predicted octanol–water partition coefficient (Wildman–Crippen LogP) is 2.21. The summed E-state index contributed by atoms with van der Waals surface area (Å²) in [6.45, 7) is 1.39. The van der Waals surface area contributed by atoms with Crippen LogP contribution >= 0.6 is 0 Å². The minimum atomic E-state index is 0.425. The second-order valence-corrected chi connectivity index (χ2v) is 5.11. The predicted molar refractivity (Wildman–Crippen MR) is 82.1 cm³/mol. The molecule has 1 aliphatic rings. The molecular weight excluding hydrogens is 278 g/mol. The quantitative estimate of drug-likeness (QED) is 0.799. The van der Waals surface area contributed by atoms with Gasteiger partial charge in [0.25, 0.3) is 0 Å². The van der Waals surface area contributed by atoms with Crippen molar-refractivity contribution in [1.29, 1.82) is 0 Å². The number of hydrogen-bond donors (Lipinski definition) is 1. The molecule has 0 bridgehead atoms. The van der Waals surface area contributed by atoms with Gasteiger partial charge in [-0.3, -0.25) is 4.57 Å². The molecule has 0 radical (unpaired) electrons. The van der Waals surface area contributed by atoms with Crippen LogP contribution in [0.15, 0.2) is 49.1 Å². The third-order valence-corrected chi connectivity index (χ3v) is 3.66. The van der Waals surface area contributed by atoms with Gasteiger partial charge in [0.05, 0.1) is 11.4 Å². The number of anilines is 1. The molecule has 6 nitrogen and oxygen atoms in total. The average molecular weight is 293 g/mol. The summed E-state index contributed by atoms with van der Waals surface area (Å²) in [7, 11) is 0. The maximum Gasteiger partial charge on any atom is 0.143 e. The van der Waals surface area contributed by atoms with Crippen LogP contribution < -0.4 is 10.1 Å². The van der Waals surface area contributed by atoms with E-state index in [1.54, 1.807) is 12.7 Å². The highest BCUT2D eigenvalue weighted by atomic mass is 16.5. The van der Waals surface area contributed by atoms with E-state index in [0.29, 0.717) is 6.61 Å². The Labute approximate surface area is 127 Å². The Morgan fingerprint density at radius 1 is 1.09 bits per heavy atom. The molecule has 0 aliphatic carbocycles. The largest absolute Gasteiger partial charge is 0.485 e. The summed E-state index contributed by atoms with van der Waals surface area (Å²) < 4.78 is 7.77. The van der Waals surface area contributed by atoms with Crippen LogP contribution in [0, 0.1) is 0 Å². The van der Waals surface area contributed by atoms with E-state index >= 15 is 0 Å². The number of nitrogens with one attached hydrogen (secondary N) is 1. The zero-order valence-electron chi connectivity index (χ0n) is 11.9. The van der Waals surface area contributed by atoms with Crippen molar-refractivity contribution in [2.24, 2.45) is 0 Å². The number of pyridine rings is 1. The molecule has 0 saturated heterocycles. The number of ether oxygens (including phenoxy) is 1. The highest BCUT2D eigenvalue weighted by molar-refractivity contribution is 5.50. The molecule has 0 fully saturated rings. The van der Waals surface area contributed by atoms with Crippen molar-refractivity contribution in [2.45, 2.75) is 13.0 Å². The molecule has 4 rings (SSSR count). The van der Waals surface area contributed by atoms with E-state index in [-0.39, 0.29) is 0 Å². The fourth-order valence-electron chi connectivity index (χ4n) is 2.55. The third kappa shape index (κ3) is 2.39. The normalized spacial score (nSPS) is 12.7. The number of fused-ring (bicyclic) bond motifs is 1. The smallest absolute Gasteiger partial charge is 0.143 e. The maximum absolute atomic E-state index is 5.94. The van der Waals surface area contributed by atoms with Crippen molar-refractivity contribution in [3.63, 3.8) is 0 Å². The van der Waals surface area contributed by atoms with Crippen molar-refractivity contribution in [2.75, 3.05) is 11.9 Å². The fraction of sp³-hybridized carbons (Fsp3) is 0.188. The molecule has 0 unspecified atom stereocenters. The number of hydrogen-bond acceptors (Lipinski definition) is 5. The lowest BCUT2D eigenvalue weighted by Crippen LogP contribution is -2.03. The van der Waals surface area contributed by atoms with Crippen LogP contribution in [0.1, 0.15) is 11.3 Å². The van der Waals surface area contributed by atoms with E-state index in [0.717, 1.165) is 35.9 Å². The van der Waals surface area contributed by atoms with E-state index in [1.165, 1.54) is 5.56 Å². The maximum atomic E-state index is 5.94. The lowest BCUT2D eigenvalue weighted by Gasteiger charge is -2.11. The number of para-hydroxylation sites is 2. The lowest BCUT2D eigenvalue weighted by atomic mass is 10.2. The first-order chi connectivity index (χ1) is 10.9. The first kappa shape index (κ1) is 12.8. The second kappa shape index (κ2) is 5.48. The van der Waals surface area contributed by atoms with E-state index in [2.05, 4.69) is 26.6 Å². The molecule has 3 aromatic rings. The van der Waals surface area contributed by atoms with Crippen molar-refractivity contribution in [3.8, 4) is 11.4 Å². The van der Waals surface area contributed by atoms with Gasteiger partial charge in [0, 0.05) is 6.54 Å². The number of rotatable bonds is 4. The number of nitrogens with zero attached hydrogens (tertiary/aromatic N) is 4. The molecule has 22 heavy (non-hydrogen) atoms. The first-order valence-electron chi connectivity index (χ1n) is 7.20. The zero-order valence-corrected chi connectivity index (χ0v) is 11.9. The van der Waals surface area contributed by atoms with Crippen LogP contribution in [-0.2, 0) is 13.0 Å². The molecule has 110 valence electrons. The summed E-state index contributed by atoms with van der Waals surface area (Å²) in [6, 6.07) is 11.9. The topological polar surface area (TPSA) is 64.9 Å². The molecule has 0 saturated carbocycles. The summed E-state index contributed by atoms with van der Waals surface area (Å²) in [6.07, 6.45) is 4.35. The molecule has 2 aromatic heterocycles. The van der Waals surface area contributed by atoms with Gasteiger partial charge in [0.2, 0.25) is 0 Å². The van der Waals surface area contributed by atoms with E-state index < -0.39 is 0 Å². The second-order valence-electron chi connectivity index (χ2n) is 5.11. The molecule has 3 heterocycles. The van der Waals surface area contributed by atoms with Gasteiger partial charge < -0.3 is 10.1 Å². The van der Waals surface area contributed by atoms with Gasteiger partial charge in [-0.15, -0.1) is 10.2 Å². The molecule has 0 amide bonds. The Morgan fingerprint density at radius 2 is 1.95 bits per heavy atom. The monoisotopic (exact) mass is 293 g/mol. The van der Waals surface area contributed by atoms with Crippen molar-refractivity contribution in [1.82, 2.24) is 19.7 Å². The molecule has 6 heteroatoms. The van der Waals surface area contributed by atoms with Gasteiger partial charge in [0.15, 0.2) is 0 Å². The van der Waals surface area contributed by atoms with Crippen LogP contribution in [0.4, 0.5) is 5.82 Å². The third-order valence-electron chi connectivity index (χ3n) is 3.66. The van der Waals surface area contributed by atoms with Gasteiger partial charge >= 0.3 is 0 Å². The molecular formula is C16H15N5O. The summed E-state index contributed by atoms with van der Waals surface area (Å²) in [4.78, 5) is 4.59. The molecule has 0 atom stereocenters. The Balaban J connectivity index is 1.55. The minimum absolute atomic E-state index is 0.425. The fourth-order valence-corrected chi connectivity index (χ4v) is 2.55. The van der Waals surface area contributed by atoms with E-state index in [9.17, 15) is 0 Å². The van der Waals surface area contributed by atoms with Crippen LogP contribution in [-0.4, -0.2) is 26.3 Å². The van der Waals surface area contributed by atoms with Gasteiger partial charge in [0.1, 0.15) is 30.8 Å². The Morgan fingerprint density at radius 3 is 2.86 bits per heavy atom. The minimum Gasteiger partial charge on any atom is -0.485 e. The average Bonchev–Trinajstić information content (AvgIpc) is 3.24. The zero-order chi connectivity index (χ0) is 14.8. The first-order valence-corrected chi connectivity index (χ1v) is 7.20. The Hall–Kier alpha value is -2.89. The summed E-state index contributed by atoms with van der Waals surface area (Å²) in [5.74, 6) is 1.76. The van der Waals surface area contributed by atoms with Crippen molar-refractivity contribution >= 4 is 5.82 Å². The van der Waals surface area contributed by atoms with Crippen molar-refractivity contribution in [3.05, 3.63) is 60.3 Å². The SMILES string of the molecule is c1ccc(-n2cnnc2)c(OCc2ccc3c(n2)NCC3)c1. The molecule has 0 spiro atoms. The summed E-state index contributed by atoms with van der Waals surface area (Å²) in [5, 5.41) is 11.0. The summed E-state index contributed by atoms with van der Waals surface area (Å²) >= 11 is 0. The van der Waals surface area contributed by atoms with Gasteiger partial charge in [-0.2, -0.15) is 0 Å². The number of aromatic nitrogens is 4. The standard InChI is InChI=1S/C16H15N5O/c1-2-4-15(14(3-1)21-10-18-19-11-21)22-9-13-6-5-12-7-8-17-16(12)20-13/h1-6,10-11H,7-9H2,(H,17,20). The molecule has 1 N–H and O–H groups in total. The lowest BCUT2D eigenvalue weighted by molar-refractivity contribution is 0.300. The Bertz CT molecular complexity index is 785. The number of benzene rings is 1. The highest BCUT2D eigenvalue weighted by Crippen LogP contribution is 2.24. The van der Waals surface area contributed by atoms with Crippen LogP contribution in [0.3, 0.4) is 0 Å². The summed E-state index contributed by atoms with van der Waals surface area (Å²) in [5.41, 5.74) is 3.09. The van der Waals surface area contributed by atoms with Crippen LogP contribution in [0.2, 0.25) is 0 Å². The van der Waals surface area contributed by atoms with Crippen LogP contribution in [0.5, 0.6) is 5.75 Å². The van der Waals surface area contributed by atoms with Gasteiger partial charge in [-0.25, -0.2) is 4.98 Å².